The van der Waals surface area contributed by atoms with Crippen LogP contribution in [0.2, 0.25) is 0 Å². The Morgan fingerprint density at radius 2 is 1.58 bits per heavy atom. The molecule has 0 aliphatic heterocycles. The van der Waals surface area contributed by atoms with Gasteiger partial charge in [0.25, 0.3) is 5.56 Å². The Hall–Kier alpha value is -3.40. The van der Waals surface area contributed by atoms with E-state index in [0.29, 0.717) is 23.2 Å². The third-order valence-electron chi connectivity index (χ3n) is 3.87. The second kappa shape index (κ2) is 8.12. The van der Waals surface area contributed by atoms with Crippen molar-refractivity contribution in [3.05, 3.63) is 105 Å². The Bertz CT molecular complexity index is 1070. The summed E-state index contributed by atoms with van der Waals surface area (Å²) in [6.07, 6.45) is 5.30. The van der Waals surface area contributed by atoms with Gasteiger partial charge in [0.1, 0.15) is 17.3 Å². The Labute approximate surface area is 152 Å². The van der Waals surface area contributed by atoms with Gasteiger partial charge in [0.2, 0.25) is 5.88 Å². The number of ether oxygens (including phenoxy) is 1. The second-order valence-corrected chi connectivity index (χ2v) is 5.76. The summed E-state index contributed by atoms with van der Waals surface area (Å²) in [6.45, 7) is 3.99. The fourth-order valence-electron chi connectivity index (χ4n) is 2.55. The first kappa shape index (κ1) is 17.4. The maximum atomic E-state index is 12.8. The van der Waals surface area contributed by atoms with E-state index in [1.54, 1.807) is 23.8 Å². The highest BCUT2D eigenvalue weighted by atomic mass is 16.5. The van der Waals surface area contributed by atoms with Crippen LogP contribution < -0.4 is 21.0 Å². The van der Waals surface area contributed by atoms with Crippen molar-refractivity contribution in [2.45, 2.75) is 0 Å². The molecule has 130 valence electrons. The minimum atomic E-state index is -0.179. The molecule has 0 aliphatic carbocycles. The minimum absolute atomic E-state index is 0.179. The van der Waals surface area contributed by atoms with E-state index in [4.69, 9.17) is 4.74 Å². The molecular formula is C22H20N2O2. The van der Waals surface area contributed by atoms with Gasteiger partial charge in [-0.25, -0.2) is 4.98 Å². The van der Waals surface area contributed by atoms with Crippen molar-refractivity contribution in [1.29, 1.82) is 0 Å². The van der Waals surface area contributed by atoms with Gasteiger partial charge in [0, 0.05) is 7.05 Å². The van der Waals surface area contributed by atoms with E-state index < -0.39 is 0 Å². The molecule has 0 radical (unpaired) electrons. The van der Waals surface area contributed by atoms with Crippen molar-refractivity contribution >= 4 is 12.2 Å². The summed E-state index contributed by atoms with van der Waals surface area (Å²) in [7, 11) is 1.72. The molecule has 4 nitrogen and oxygen atoms in total. The highest BCUT2D eigenvalue weighted by Gasteiger charge is 2.07. The number of hydrogen-bond donors (Lipinski definition) is 0. The normalized spacial score (nSPS) is 12.2. The summed E-state index contributed by atoms with van der Waals surface area (Å²) in [5.41, 5.74) is 1.70. The van der Waals surface area contributed by atoms with Crippen molar-refractivity contribution in [3.63, 3.8) is 0 Å². The first-order valence-corrected chi connectivity index (χ1v) is 8.33. The largest absolute Gasteiger partial charge is 0.472 e. The van der Waals surface area contributed by atoms with Crippen molar-refractivity contribution in [2.24, 2.45) is 7.05 Å². The van der Waals surface area contributed by atoms with Crippen LogP contribution in [-0.2, 0) is 7.05 Å². The monoisotopic (exact) mass is 344 g/mol. The number of nitrogens with zero attached hydrogens (tertiary/aromatic N) is 2. The van der Waals surface area contributed by atoms with E-state index in [2.05, 4.69) is 11.6 Å². The summed E-state index contributed by atoms with van der Waals surface area (Å²) in [5.74, 6) is 0.401. The van der Waals surface area contributed by atoms with Gasteiger partial charge in [-0.05, 0) is 23.3 Å². The highest BCUT2D eigenvalue weighted by Crippen LogP contribution is 2.02. The lowest BCUT2D eigenvalue weighted by Crippen LogP contribution is -2.44. The fraction of sp³-hybridized carbons (Fsp3) is 0.0909. The van der Waals surface area contributed by atoms with Crippen molar-refractivity contribution in [3.8, 4) is 5.88 Å². The minimum Gasteiger partial charge on any atom is -0.472 e. The van der Waals surface area contributed by atoms with Crippen LogP contribution in [0.15, 0.2) is 78.1 Å². The summed E-state index contributed by atoms with van der Waals surface area (Å²) in [5, 5.41) is 0.955. The fourth-order valence-corrected chi connectivity index (χ4v) is 2.55. The standard InChI is InChI=1S/C22H20N2O2/c1-3-14-26-21-20(16-18-12-8-5-9-13-18)24(2)22(25)19(23-21)15-17-10-6-4-7-11-17/h3-13,15-16H,1,14H2,2H3. The maximum absolute atomic E-state index is 12.8. The summed E-state index contributed by atoms with van der Waals surface area (Å²) in [6, 6.07) is 19.4. The molecule has 3 rings (SSSR count). The lowest BCUT2D eigenvalue weighted by Gasteiger charge is -2.08. The predicted octanol–water partition coefficient (Wildman–Crippen LogP) is 2.00. The smallest absolute Gasteiger partial charge is 0.276 e. The van der Waals surface area contributed by atoms with Crippen molar-refractivity contribution in [1.82, 2.24) is 9.55 Å². The summed E-state index contributed by atoms with van der Waals surface area (Å²) < 4.78 is 7.30. The van der Waals surface area contributed by atoms with Gasteiger partial charge in [-0.1, -0.05) is 73.3 Å². The Kier molecular flexibility index (Phi) is 5.44. The number of aromatic nitrogens is 2. The van der Waals surface area contributed by atoms with Gasteiger partial charge in [0.15, 0.2) is 0 Å². The SMILES string of the molecule is C=CCOc1nc(=Cc2ccccc2)c(=O)n(C)c1=Cc1ccccc1. The van der Waals surface area contributed by atoms with Crippen LogP contribution >= 0.6 is 0 Å². The van der Waals surface area contributed by atoms with Crippen LogP contribution in [0.5, 0.6) is 5.88 Å². The molecule has 0 saturated heterocycles. The zero-order chi connectivity index (χ0) is 18.4. The molecule has 0 atom stereocenters. The van der Waals surface area contributed by atoms with Gasteiger partial charge in [-0.3, -0.25) is 4.79 Å². The lowest BCUT2D eigenvalue weighted by atomic mass is 10.2. The number of rotatable bonds is 5. The van der Waals surface area contributed by atoms with Crippen LogP contribution in [0.25, 0.3) is 12.2 Å². The number of hydrogen-bond acceptors (Lipinski definition) is 3. The zero-order valence-corrected chi connectivity index (χ0v) is 14.6. The quantitative estimate of drug-likeness (QED) is 0.665. The second-order valence-electron chi connectivity index (χ2n) is 5.76. The van der Waals surface area contributed by atoms with E-state index in [9.17, 15) is 4.79 Å². The molecule has 0 amide bonds. The number of benzene rings is 2. The molecule has 0 N–H and O–H groups in total. The van der Waals surface area contributed by atoms with Gasteiger partial charge < -0.3 is 9.30 Å². The average molecular weight is 344 g/mol. The van der Waals surface area contributed by atoms with Gasteiger partial charge in [-0.15, -0.1) is 0 Å². The molecule has 0 aliphatic rings. The molecule has 3 aromatic rings. The zero-order valence-electron chi connectivity index (χ0n) is 14.6. The van der Waals surface area contributed by atoms with Crippen molar-refractivity contribution < 1.29 is 4.74 Å². The average Bonchev–Trinajstić information content (AvgIpc) is 2.68. The summed E-state index contributed by atoms with van der Waals surface area (Å²) >= 11 is 0. The van der Waals surface area contributed by atoms with E-state index in [1.165, 1.54) is 0 Å². The topological polar surface area (TPSA) is 44.1 Å². The highest BCUT2D eigenvalue weighted by molar-refractivity contribution is 5.51. The maximum Gasteiger partial charge on any atom is 0.276 e. The van der Waals surface area contributed by atoms with Gasteiger partial charge in [-0.2, -0.15) is 0 Å². The van der Waals surface area contributed by atoms with Crippen molar-refractivity contribution in [2.75, 3.05) is 6.61 Å². The predicted molar refractivity (Wildman–Crippen MR) is 104 cm³/mol. The third-order valence-corrected chi connectivity index (χ3v) is 3.87. The summed E-state index contributed by atoms with van der Waals surface area (Å²) in [4.78, 5) is 17.3. The molecule has 0 saturated carbocycles. The molecule has 2 aromatic carbocycles. The molecule has 0 unspecified atom stereocenters. The Morgan fingerprint density at radius 1 is 1.00 bits per heavy atom. The Morgan fingerprint density at radius 3 is 2.15 bits per heavy atom. The first-order chi connectivity index (χ1) is 12.7. The molecule has 0 bridgehead atoms. The molecule has 1 aromatic heterocycles. The van der Waals surface area contributed by atoms with Gasteiger partial charge >= 0.3 is 0 Å². The van der Waals surface area contributed by atoms with Crippen LogP contribution in [0, 0.1) is 0 Å². The lowest BCUT2D eigenvalue weighted by molar-refractivity contribution is 0.338. The van der Waals surface area contributed by atoms with Crippen LogP contribution in [-0.4, -0.2) is 16.2 Å². The van der Waals surface area contributed by atoms with Crippen LogP contribution in [0.3, 0.4) is 0 Å². The molecule has 4 heteroatoms. The molecule has 0 spiro atoms. The third kappa shape index (κ3) is 3.98. The molecular weight excluding hydrogens is 324 g/mol. The van der Waals surface area contributed by atoms with E-state index >= 15 is 0 Å². The van der Waals surface area contributed by atoms with E-state index in [-0.39, 0.29) is 5.56 Å². The molecule has 1 heterocycles. The van der Waals surface area contributed by atoms with E-state index in [1.807, 2.05) is 66.7 Å². The molecule has 0 fully saturated rings. The first-order valence-electron chi connectivity index (χ1n) is 8.33. The van der Waals surface area contributed by atoms with Gasteiger partial charge in [0.05, 0.1) is 0 Å². The molecule has 26 heavy (non-hydrogen) atoms. The van der Waals surface area contributed by atoms with E-state index in [0.717, 1.165) is 11.1 Å². The Balaban J connectivity index is 2.24. The van der Waals surface area contributed by atoms with Crippen LogP contribution in [0.1, 0.15) is 11.1 Å². The van der Waals surface area contributed by atoms with Crippen LogP contribution in [0.4, 0.5) is 0 Å².